The molecule has 0 spiro atoms. The second-order valence-electron chi connectivity index (χ2n) is 8.90. The van der Waals surface area contributed by atoms with Gasteiger partial charge in [0, 0.05) is 35.8 Å². The molecule has 194 valence electrons. The van der Waals surface area contributed by atoms with Crippen LogP contribution in [0.2, 0.25) is 0 Å². The van der Waals surface area contributed by atoms with Crippen LogP contribution in [0, 0.1) is 6.92 Å². The largest absolute Gasteiger partial charge is 0.433 e. The number of benzene rings is 1. The number of carbonyl (C=O) groups excluding carboxylic acids is 1. The molecule has 2 N–H and O–H groups in total. The summed E-state index contributed by atoms with van der Waals surface area (Å²) in [6, 6.07) is 7.08. The first-order valence-corrected chi connectivity index (χ1v) is 11.3. The number of aliphatic hydroxyl groups is 1. The third-order valence-corrected chi connectivity index (χ3v) is 6.52. The minimum atomic E-state index is -4.69. The molecular weight excluding hydrogens is 499 g/mol. The zero-order valence-electron chi connectivity index (χ0n) is 19.4. The van der Waals surface area contributed by atoms with Crippen molar-refractivity contribution in [2.24, 2.45) is 0 Å². The number of halogens is 5. The van der Waals surface area contributed by atoms with Gasteiger partial charge in [-0.25, -0.2) is 8.78 Å². The number of hydrogen-bond acceptors (Lipinski definition) is 6. The van der Waals surface area contributed by atoms with Gasteiger partial charge in [0.25, 0.3) is 5.91 Å². The molecule has 2 atom stereocenters. The van der Waals surface area contributed by atoms with Crippen molar-refractivity contribution in [3.8, 4) is 11.1 Å². The number of anilines is 2. The van der Waals surface area contributed by atoms with Crippen LogP contribution in [-0.4, -0.2) is 52.7 Å². The lowest BCUT2D eigenvalue weighted by Crippen LogP contribution is -2.60. The summed E-state index contributed by atoms with van der Waals surface area (Å²) >= 11 is 0. The van der Waals surface area contributed by atoms with Gasteiger partial charge in [-0.3, -0.25) is 14.8 Å². The Hall–Kier alpha value is -3.64. The van der Waals surface area contributed by atoms with Crippen molar-refractivity contribution < 1.29 is 36.6 Å². The highest BCUT2D eigenvalue weighted by Crippen LogP contribution is 2.47. The summed E-state index contributed by atoms with van der Waals surface area (Å²) in [7, 11) is 0. The first kappa shape index (κ1) is 25.0. The molecule has 0 saturated carbocycles. The molecule has 1 fully saturated rings. The van der Waals surface area contributed by atoms with E-state index < -0.39 is 35.8 Å². The molecule has 2 aromatic heterocycles. The van der Waals surface area contributed by atoms with Crippen molar-refractivity contribution in [3.05, 3.63) is 71.3 Å². The van der Waals surface area contributed by atoms with Crippen LogP contribution in [0.3, 0.4) is 0 Å². The molecule has 2 aliphatic heterocycles. The summed E-state index contributed by atoms with van der Waals surface area (Å²) in [4.78, 5) is 21.5. The Labute approximate surface area is 207 Å². The van der Waals surface area contributed by atoms with Gasteiger partial charge in [0.2, 0.25) is 0 Å². The average molecular weight is 520 g/mol. The van der Waals surface area contributed by atoms with Gasteiger partial charge in [-0.1, -0.05) is 6.07 Å². The van der Waals surface area contributed by atoms with Gasteiger partial charge >= 0.3 is 12.1 Å². The number of ether oxygens (including phenoxy) is 1. The molecule has 4 heterocycles. The Morgan fingerprint density at radius 3 is 2.73 bits per heavy atom. The molecule has 0 bridgehead atoms. The minimum absolute atomic E-state index is 0.132. The number of aliphatic hydroxyl groups excluding tert-OH is 1. The molecule has 0 unspecified atom stereocenters. The quantitative estimate of drug-likeness (QED) is 0.491. The first-order chi connectivity index (χ1) is 17.5. The SMILES string of the molecule is Cc1ccc(NC(=O)c2ccnc(C(F)(F)F)c2)cc1-c1cnc2c(c1)N1CCOC[C@H]1C(F)(F)[C@H]2O. The zero-order chi connectivity index (χ0) is 26.5. The predicted molar refractivity (Wildman–Crippen MR) is 123 cm³/mol. The first-order valence-electron chi connectivity index (χ1n) is 11.3. The number of fused-ring (bicyclic) bond motifs is 3. The van der Waals surface area contributed by atoms with E-state index in [9.17, 15) is 31.9 Å². The van der Waals surface area contributed by atoms with Crippen molar-refractivity contribution in [1.82, 2.24) is 9.97 Å². The molecule has 5 rings (SSSR count). The second kappa shape index (κ2) is 9.03. The van der Waals surface area contributed by atoms with E-state index in [-0.39, 0.29) is 31.0 Å². The van der Waals surface area contributed by atoms with Gasteiger partial charge < -0.3 is 20.1 Å². The van der Waals surface area contributed by atoms with Crippen LogP contribution < -0.4 is 10.2 Å². The zero-order valence-corrected chi connectivity index (χ0v) is 19.4. The van der Waals surface area contributed by atoms with Gasteiger partial charge in [0.15, 0.2) is 6.10 Å². The molecule has 12 heteroatoms. The monoisotopic (exact) mass is 520 g/mol. The van der Waals surface area contributed by atoms with Crippen LogP contribution in [0.15, 0.2) is 48.8 Å². The minimum Gasteiger partial charge on any atom is -0.380 e. The third kappa shape index (κ3) is 4.51. The van der Waals surface area contributed by atoms with Crippen molar-refractivity contribution in [2.45, 2.75) is 31.2 Å². The summed E-state index contributed by atoms with van der Waals surface area (Å²) in [6.45, 7) is 2.02. The lowest BCUT2D eigenvalue weighted by molar-refractivity contribution is -0.153. The van der Waals surface area contributed by atoms with Crippen LogP contribution in [0.25, 0.3) is 11.1 Å². The topological polar surface area (TPSA) is 87.6 Å². The standard InChI is InChI=1S/C25H21F5N4O3/c1-13-2-3-16(33-23(36)14-4-5-31-19(9-14)25(28,29)30)10-17(13)15-8-18-21(32-11-15)22(35)24(26,27)20-12-37-7-6-34(18)20/h2-5,8-11,20,22,35H,6-7,12H2,1H3,(H,33,36)/t20-,22-/m0/s1. The number of pyridine rings is 2. The van der Waals surface area contributed by atoms with E-state index in [0.29, 0.717) is 28.6 Å². The Balaban J connectivity index is 1.47. The lowest BCUT2D eigenvalue weighted by atomic mass is 9.91. The molecule has 7 nitrogen and oxygen atoms in total. The van der Waals surface area contributed by atoms with Crippen LogP contribution in [0.4, 0.5) is 33.3 Å². The number of amides is 1. The van der Waals surface area contributed by atoms with E-state index in [4.69, 9.17) is 4.74 Å². The van der Waals surface area contributed by atoms with Crippen LogP contribution in [0.5, 0.6) is 0 Å². The van der Waals surface area contributed by atoms with E-state index in [1.54, 1.807) is 31.2 Å². The second-order valence-corrected chi connectivity index (χ2v) is 8.90. The molecule has 0 radical (unpaired) electrons. The van der Waals surface area contributed by atoms with E-state index in [0.717, 1.165) is 11.8 Å². The van der Waals surface area contributed by atoms with Gasteiger partial charge in [0.1, 0.15) is 11.7 Å². The molecule has 1 amide bonds. The van der Waals surface area contributed by atoms with Crippen molar-refractivity contribution >= 4 is 17.3 Å². The Bertz CT molecular complexity index is 1360. The predicted octanol–water partition coefficient (Wildman–Crippen LogP) is 4.61. The number of aromatic nitrogens is 2. The lowest BCUT2D eigenvalue weighted by Gasteiger charge is -2.47. The van der Waals surface area contributed by atoms with E-state index >= 15 is 0 Å². The van der Waals surface area contributed by atoms with E-state index in [1.807, 2.05) is 0 Å². The number of carbonyl (C=O) groups is 1. The van der Waals surface area contributed by atoms with Crippen LogP contribution >= 0.6 is 0 Å². The smallest absolute Gasteiger partial charge is 0.380 e. The van der Waals surface area contributed by atoms with Crippen LogP contribution in [-0.2, 0) is 10.9 Å². The number of alkyl halides is 5. The normalized spacial score (nSPS) is 20.7. The average Bonchev–Trinajstić information content (AvgIpc) is 2.88. The molecule has 37 heavy (non-hydrogen) atoms. The fourth-order valence-corrected chi connectivity index (χ4v) is 4.57. The molecule has 0 aliphatic carbocycles. The van der Waals surface area contributed by atoms with Crippen LogP contribution in [0.1, 0.15) is 33.4 Å². The van der Waals surface area contributed by atoms with Gasteiger partial charge in [-0.05, 0) is 48.4 Å². The van der Waals surface area contributed by atoms with Gasteiger partial charge in [-0.15, -0.1) is 0 Å². The maximum Gasteiger partial charge on any atom is 0.433 e. The highest BCUT2D eigenvalue weighted by molar-refractivity contribution is 6.04. The maximum atomic E-state index is 14.8. The van der Waals surface area contributed by atoms with Gasteiger partial charge in [-0.2, -0.15) is 13.2 Å². The number of aryl methyl sites for hydroxylation is 1. The molecule has 2 aliphatic rings. The van der Waals surface area contributed by atoms with E-state index in [1.165, 1.54) is 17.2 Å². The third-order valence-electron chi connectivity index (χ3n) is 6.52. The number of nitrogens with zero attached hydrogens (tertiary/aromatic N) is 3. The maximum absolute atomic E-state index is 14.8. The highest BCUT2D eigenvalue weighted by Gasteiger charge is 2.56. The number of nitrogens with one attached hydrogen (secondary N) is 1. The van der Waals surface area contributed by atoms with Crippen molar-refractivity contribution in [3.63, 3.8) is 0 Å². The Morgan fingerprint density at radius 2 is 1.97 bits per heavy atom. The fraction of sp³-hybridized carbons (Fsp3) is 0.320. The summed E-state index contributed by atoms with van der Waals surface area (Å²) in [5, 5.41) is 12.9. The summed E-state index contributed by atoms with van der Waals surface area (Å²) in [5.41, 5.74) is 1.11. The molecule has 3 aromatic rings. The Morgan fingerprint density at radius 1 is 1.19 bits per heavy atom. The number of hydrogen-bond donors (Lipinski definition) is 2. The highest BCUT2D eigenvalue weighted by atomic mass is 19.4. The number of morpholine rings is 1. The molecule has 1 aromatic carbocycles. The Kier molecular flexibility index (Phi) is 6.11. The number of rotatable bonds is 3. The van der Waals surface area contributed by atoms with Crippen molar-refractivity contribution in [1.29, 1.82) is 0 Å². The summed E-state index contributed by atoms with van der Waals surface area (Å²) < 4.78 is 73.7. The molecule has 1 saturated heterocycles. The van der Waals surface area contributed by atoms with Gasteiger partial charge in [0.05, 0.1) is 24.6 Å². The fourth-order valence-electron chi connectivity index (χ4n) is 4.57. The van der Waals surface area contributed by atoms with E-state index in [2.05, 4.69) is 15.3 Å². The van der Waals surface area contributed by atoms with Crippen molar-refractivity contribution in [2.75, 3.05) is 30.0 Å². The summed E-state index contributed by atoms with van der Waals surface area (Å²) in [6.07, 6.45) is -4.50. The summed E-state index contributed by atoms with van der Waals surface area (Å²) in [5.74, 6) is -4.20. The molecular formula is C25H21F5N4O3.